The smallest absolute Gasteiger partial charge is 0.139 e. The molecule has 0 fully saturated rings. The molecule has 0 unspecified atom stereocenters. The van der Waals surface area contributed by atoms with Gasteiger partial charge in [0.25, 0.3) is 0 Å². The van der Waals surface area contributed by atoms with Gasteiger partial charge in [0, 0.05) is 65.3 Å². The Morgan fingerprint density at radius 1 is 0.568 bits per heavy atom. The van der Waals surface area contributed by atoms with Gasteiger partial charge < -0.3 is 9.47 Å². The number of aromatic nitrogens is 4. The molecule has 0 saturated carbocycles. The quantitative estimate of drug-likeness (QED) is 0.262. The van der Waals surface area contributed by atoms with Gasteiger partial charge in [0.15, 0.2) is 0 Å². The number of pyridine rings is 2. The Labute approximate surface area is 215 Å². The van der Waals surface area contributed by atoms with E-state index in [1.54, 1.807) is 0 Å². The van der Waals surface area contributed by atoms with Gasteiger partial charge in [0.05, 0.1) is 22.8 Å². The Bertz CT molecular complexity index is 1750. The summed E-state index contributed by atoms with van der Waals surface area (Å²) in [5.74, 6) is 0.920. The zero-order chi connectivity index (χ0) is 24.8. The molecule has 0 N–H and O–H groups in total. The predicted molar refractivity (Wildman–Crippen MR) is 149 cm³/mol. The number of rotatable bonds is 3. The van der Waals surface area contributed by atoms with Crippen molar-refractivity contribution in [1.29, 1.82) is 0 Å². The van der Waals surface area contributed by atoms with Gasteiger partial charge in [0.2, 0.25) is 0 Å². The van der Waals surface area contributed by atoms with Crippen LogP contribution in [0.3, 0.4) is 0 Å². The van der Waals surface area contributed by atoms with Gasteiger partial charge in [-0.15, -0.1) is 0 Å². The molecule has 5 nitrogen and oxygen atoms in total. The van der Waals surface area contributed by atoms with E-state index in [9.17, 15) is 0 Å². The number of anilines is 3. The molecule has 0 amide bonds. The third-order valence-electron chi connectivity index (χ3n) is 6.88. The molecule has 37 heavy (non-hydrogen) atoms. The molecule has 3 aromatic heterocycles. The lowest BCUT2D eigenvalue weighted by Gasteiger charge is -2.28. The molecule has 0 atom stereocenters. The summed E-state index contributed by atoms with van der Waals surface area (Å²) in [6.07, 6.45) is 7.51. The fourth-order valence-corrected chi connectivity index (χ4v) is 5.18. The second kappa shape index (κ2) is 8.57. The topological polar surface area (TPSA) is 46.8 Å². The average molecular weight is 478 g/mol. The molecule has 0 bridgehead atoms. The van der Waals surface area contributed by atoms with E-state index in [1.165, 1.54) is 0 Å². The lowest BCUT2D eigenvalue weighted by Crippen LogP contribution is -2.11. The Kier molecular flexibility index (Phi) is 4.93. The van der Waals surface area contributed by atoms with Crippen molar-refractivity contribution in [2.45, 2.75) is 0 Å². The van der Waals surface area contributed by atoms with Crippen LogP contribution in [0.5, 0.6) is 0 Å². The average Bonchev–Trinajstić information content (AvgIpc) is 3.35. The van der Waals surface area contributed by atoms with Gasteiger partial charge in [-0.3, -0.25) is 9.97 Å². The summed E-state index contributed by atoms with van der Waals surface area (Å²) < 4.78 is 2.05. The lowest BCUT2D eigenvalue weighted by molar-refractivity contribution is 0.925. The first kappa shape index (κ1) is 21.3. The minimum atomic E-state index is 0.920. The second-order valence-electron chi connectivity index (χ2n) is 9.11. The van der Waals surface area contributed by atoms with Crippen molar-refractivity contribution in [3.8, 4) is 45.0 Å². The third kappa shape index (κ3) is 3.52. The zero-order valence-corrected chi connectivity index (χ0v) is 20.3. The normalized spacial score (nSPS) is 11.9. The summed E-state index contributed by atoms with van der Waals surface area (Å²) in [4.78, 5) is 16.4. The number of aryl methyl sites for hydroxylation is 1. The number of para-hydroxylation sites is 1. The lowest BCUT2D eigenvalue weighted by atomic mass is 9.99. The van der Waals surface area contributed by atoms with Crippen LogP contribution in [0.25, 0.3) is 45.0 Å². The van der Waals surface area contributed by atoms with Crippen molar-refractivity contribution < 1.29 is 0 Å². The van der Waals surface area contributed by atoms with E-state index >= 15 is 0 Å². The summed E-state index contributed by atoms with van der Waals surface area (Å²) in [5.41, 5.74) is 10.6. The summed E-state index contributed by atoms with van der Waals surface area (Å²) in [5, 5.41) is 0. The van der Waals surface area contributed by atoms with E-state index in [0.29, 0.717) is 0 Å². The Hall–Kier alpha value is -5.03. The first-order valence-corrected chi connectivity index (χ1v) is 12.3. The van der Waals surface area contributed by atoms with Crippen LogP contribution in [-0.4, -0.2) is 19.5 Å². The van der Waals surface area contributed by atoms with E-state index < -0.39 is 0 Å². The molecule has 0 saturated heterocycles. The SMILES string of the molecule is Cn1ccnc1-c1ccc2c(c1)N(c1cccc(-c3ccccn3)c1)c1ccccc1-c1cccnc1-2. The highest BCUT2D eigenvalue weighted by Crippen LogP contribution is 2.50. The van der Waals surface area contributed by atoms with Crippen molar-refractivity contribution in [1.82, 2.24) is 19.5 Å². The van der Waals surface area contributed by atoms with Crippen molar-refractivity contribution in [2.24, 2.45) is 7.05 Å². The molecular weight excluding hydrogens is 454 g/mol. The van der Waals surface area contributed by atoms with E-state index in [4.69, 9.17) is 4.98 Å². The maximum absolute atomic E-state index is 4.87. The molecule has 0 aliphatic carbocycles. The van der Waals surface area contributed by atoms with Crippen LogP contribution in [0.15, 0.2) is 122 Å². The molecule has 6 aromatic rings. The predicted octanol–water partition coefficient (Wildman–Crippen LogP) is 7.66. The fourth-order valence-electron chi connectivity index (χ4n) is 5.18. The molecular formula is C32H23N5. The minimum absolute atomic E-state index is 0.920. The second-order valence-corrected chi connectivity index (χ2v) is 9.11. The largest absolute Gasteiger partial charge is 0.334 e. The molecule has 3 aromatic carbocycles. The molecule has 0 spiro atoms. The summed E-state index contributed by atoms with van der Waals surface area (Å²) in [7, 11) is 2.02. The van der Waals surface area contributed by atoms with Crippen LogP contribution in [0, 0.1) is 0 Å². The molecule has 4 heterocycles. The molecule has 0 radical (unpaired) electrons. The maximum atomic E-state index is 4.87. The van der Waals surface area contributed by atoms with Crippen LogP contribution in [0.2, 0.25) is 0 Å². The van der Waals surface area contributed by atoms with E-state index in [1.807, 2.05) is 60.7 Å². The zero-order valence-electron chi connectivity index (χ0n) is 20.3. The number of hydrogen-bond donors (Lipinski definition) is 0. The Morgan fingerprint density at radius 2 is 1.43 bits per heavy atom. The number of imidazole rings is 1. The Balaban J connectivity index is 1.53. The number of fused-ring (bicyclic) bond motifs is 5. The van der Waals surface area contributed by atoms with Crippen molar-refractivity contribution in [3.05, 3.63) is 122 Å². The highest BCUT2D eigenvalue weighted by molar-refractivity contribution is 6.02. The van der Waals surface area contributed by atoms with Crippen molar-refractivity contribution in [3.63, 3.8) is 0 Å². The monoisotopic (exact) mass is 477 g/mol. The summed E-state index contributed by atoms with van der Waals surface area (Å²) >= 11 is 0. The van der Waals surface area contributed by atoms with E-state index in [2.05, 4.69) is 87.7 Å². The van der Waals surface area contributed by atoms with Crippen LogP contribution in [0.1, 0.15) is 0 Å². The third-order valence-corrected chi connectivity index (χ3v) is 6.88. The van der Waals surface area contributed by atoms with Gasteiger partial charge in [-0.05, 0) is 48.5 Å². The number of hydrogen-bond acceptors (Lipinski definition) is 4. The van der Waals surface area contributed by atoms with Gasteiger partial charge in [-0.1, -0.05) is 48.5 Å². The molecule has 1 aliphatic rings. The fraction of sp³-hybridized carbons (Fsp3) is 0.0312. The summed E-state index contributed by atoms with van der Waals surface area (Å²) in [6.45, 7) is 0. The van der Waals surface area contributed by atoms with Gasteiger partial charge in [-0.25, -0.2) is 4.98 Å². The highest BCUT2D eigenvalue weighted by Gasteiger charge is 2.27. The molecule has 5 heteroatoms. The number of nitrogens with zero attached hydrogens (tertiary/aromatic N) is 5. The van der Waals surface area contributed by atoms with Crippen molar-refractivity contribution in [2.75, 3.05) is 4.90 Å². The molecule has 1 aliphatic heterocycles. The first-order valence-electron chi connectivity index (χ1n) is 12.3. The van der Waals surface area contributed by atoms with Gasteiger partial charge in [-0.2, -0.15) is 0 Å². The van der Waals surface area contributed by atoms with Gasteiger partial charge in [0.1, 0.15) is 5.82 Å². The van der Waals surface area contributed by atoms with Crippen LogP contribution in [0.4, 0.5) is 17.1 Å². The highest BCUT2D eigenvalue weighted by atomic mass is 15.2. The Morgan fingerprint density at radius 3 is 2.30 bits per heavy atom. The molecule has 176 valence electrons. The maximum Gasteiger partial charge on any atom is 0.139 e. The van der Waals surface area contributed by atoms with Crippen LogP contribution in [-0.2, 0) is 7.05 Å². The van der Waals surface area contributed by atoms with Gasteiger partial charge >= 0.3 is 0 Å². The van der Waals surface area contributed by atoms with Crippen LogP contribution < -0.4 is 4.90 Å². The minimum Gasteiger partial charge on any atom is -0.334 e. The molecule has 7 rings (SSSR count). The number of benzene rings is 3. The van der Waals surface area contributed by atoms with Crippen molar-refractivity contribution >= 4 is 17.1 Å². The van der Waals surface area contributed by atoms with Crippen LogP contribution >= 0.6 is 0 Å². The van der Waals surface area contributed by atoms with E-state index in [-0.39, 0.29) is 0 Å². The summed E-state index contributed by atoms with van der Waals surface area (Å²) in [6, 6.07) is 33.8. The standard InChI is InChI=1S/C32H23N5/c1-36-19-18-35-32(36)23-14-15-27-30(21-23)37(24-9-6-8-22(20-24)28-12-4-5-16-33-28)29-13-3-2-10-25(29)26-11-7-17-34-31(26)27/h2-21H,1H3. The first-order chi connectivity index (χ1) is 18.3. The van der Waals surface area contributed by atoms with E-state index in [0.717, 1.165) is 62.1 Å².